The Morgan fingerprint density at radius 2 is 1.89 bits per heavy atom. The van der Waals surface area contributed by atoms with Crippen molar-refractivity contribution < 1.29 is 9.90 Å². The predicted octanol–water partition coefficient (Wildman–Crippen LogP) is 2.09. The Balaban J connectivity index is 2.75. The molecule has 1 aromatic rings. The second-order valence-electron chi connectivity index (χ2n) is 5.75. The first kappa shape index (κ1) is 16.1. The molecule has 0 heterocycles. The van der Waals surface area contributed by atoms with E-state index in [0.29, 0.717) is 12.7 Å². The van der Waals surface area contributed by atoms with Crippen molar-refractivity contribution in [3.8, 4) is 0 Å². The minimum atomic E-state index is -0.561. The lowest BCUT2D eigenvalue weighted by molar-refractivity contribution is -0.119. The van der Waals surface area contributed by atoms with Crippen molar-refractivity contribution in [3.63, 3.8) is 0 Å². The van der Waals surface area contributed by atoms with E-state index in [-0.39, 0.29) is 11.1 Å². The molecule has 3 nitrogen and oxygen atoms in total. The van der Waals surface area contributed by atoms with Crippen molar-refractivity contribution in [2.75, 3.05) is 12.7 Å². The number of hydrogen-bond acceptors (Lipinski definition) is 2. The van der Waals surface area contributed by atoms with E-state index in [9.17, 15) is 9.90 Å². The monoisotopic (exact) mass is 281 g/mol. The topological polar surface area (TPSA) is 49.3 Å². The number of carbonyl (C=O) groups is 1. The molecule has 1 aromatic carbocycles. The summed E-state index contributed by atoms with van der Waals surface area (Å²) in [7, 11) is -0.561. The summed E-state index contributed by atoms with van der Waals surface area (Å²) in [6, 6.07) is 10.2. The molecule has 1 rings (SSSR count). The third-order valence-corrected chi connectivity index (χ3v) is 5.92. The summed E-state index contributed by atoms with van der Waals surface area (Å²) in [6.45, 7) is 8.51. The summed E-state index contributed by atoms with van der Waals surface area (Å²) in [5.41, 5.74) is 0. The predicted molar refractivity (Wildman–Crippen MR) is 82.3 cm³/mol. The molecule has 0 spiro atoms. The first-order chi connectivity index (χ1) is 8.80. The van der Waals surface area contributed by atoms with Crippen LogP contribution in [0.25, 0.3) is 0 Å². The Morgan fingerprint density at radius 3 is 2.37 bits per heavy atom. The van der Waals surface area contributed by atoms with Crippen LogP contribution in [-0.4, -0.2) is 35.0 Å². The minimum absolute atomic E-state index is 0.0192. The molecule has 4 heteroatoms. The Labute approximate surface area is 117 Å². The van der Waals surface area contributed by atoms with Crippen LogP contribution in [-0.2, 0) is 4.79 Å². The van der Waals surface area contributed by atoms with Crippen LogP contribution in [0.1, 0.15) is 27.7 Å². The van der Waals surface area contributed by atoms with E-state index in [2.05, 4.69) is 38.2 Å². The van der Waals surface area contributed by atoms with Crippen molar-refractivity contribution in [1.82, 2.24) is 5.32 Å². The van der Waals surface area contributed by atoms with Crippen molar-refractivity contribution in [3.05, 3.63) is 30.3 Å². The Morgan fingerprint density at radius 1 is 1.32 bits per heavy atom. The molecule has 0 fully saturated rings. The number of amides is 1. The molecule has 1 amide bonds. The smallest absolute Gasteiger partial charge is 0.224 e. The van der Waals surface area contributed by atoms with Gasteiger partial charge in [-0.3, -0.25) is 4.79 Å². The van der Waals surface area contributed by atoms with E-state index in [1.54, 1.807) is 6.92 Å². The number of nitrogens with one attached hydrogen (secondary N) is 1. The van der Waals surface area contributed by atoms with Crippen LogP contribution in [0.15, 0.2) is 30.3 Å². The average Bonchev–Trinajstić information content (AvgIpc) is 2.33. The van der Waals surface area contributed by atoms with Crippen LogP contribution >= 0.6 is 7.92 Å². The van der Waals surface area contributed by atoms with Gasteiger partial charge in [0.1, 0.15) is 0 Å². The molecule has 0 aliphatic heterocycles. The average molecular weight is 281 g/mol. The quantitative estimate of drug-likeness (QED) is 0.812. The standard InChI is InChI=1S/C15H24NO2P/c1-12(17)10-16-14(18)11-19(15(2,3)4)13-8-6-5-7-9-13/h5-9,12,17H,10-11H2,1-4H3,(H,16,18)/t12-,19-/m0/s1. The fourth-order valence-corrected chi connectivity index (χ4v) is 4.15. The summed E-state index contributed by atoms with van der Waals surface area (Å²) in [6.07, 6.45) is 0.0109. The molecule has 2 N–H and O–H groups in total. The van der Waals surface area contributed by atoms with Crippen molar-refractivity contribution >= 4 is 19.1 Å². The fraction of sp³-hybridized carbons (Fsp3) is 0.533. The lowest BCUT2D eigenvalue weighted by atomic mass is 10.3. The van der Waals surface area contributed by atoms with Crippen LogP contribution in [0.3, 0.4) is 0 Å². The number of aliphatic hydroxyl groups excluding tert-OH is 1. The minimum Gasteiger partial charge on any atom is -0.392 e. The van der Waals surface area contributed by atoms with Gasteiger partial charge in [-0.05, 0) is 17.4 Å². The highest BCUT2D eigenvalue weighted by Gasteiger charge is 2.27. The summed E-state index contributed by atoms with van der Waals surface area (Å²) in [4.78, 5) is 12.0. The van der Waals surface area contributed by atoms with E-state index in [0.717, 1.165) is 0 Å². The molecule has 0 aliphatic carbocycles. The molecule has 0 saturated heterocycles. The van der Waals surface area contributed by atoms with Gasteiger partial charge in [0.05, 0.1) is 12.3 Å². The second kappa shape index (κ2) is 7.02. The molecule has 0 unspecified atom stereocenters. The maximum Gasteiger partial charge on any atom is 0.224 e. The van der Waals surface area contributed by atoms with Gasteiger partial charge in [-0.2, -0.15) is 0 Å². The van der Waals surface area contributed by atoms with Gasteiger partial charge < -0.3 is 10.4 Å². The zero-order chi connectivity index (χ0) is 14.5. The van der Waals surface area contributed by atoms with Crippen molar-refractivity contribution in [1.29, 1.82) is 0 Å². The maximum atomic E-state index is 12.0. The molecule has 0 aliphatic rings. The van der Waals surface area contributed by atoms with E-state index < -0.39 is 14.0 Å². The van der Waals surface area contributed by atoms with Crippen molar-refractivity contribution in [2.24, 2.45) is 0 Å². The normalized spacial score (nSPS) is 14.8. The molecule has 106 valence electrons. The third-order valence-electron chi connectivity index (χ3n) is 2.77. The molecular formula is C15H24NO2P. The van der Waals surface area contributed by atoms with Crippen LogP contribution in [0.2, 0.25) is 0 Å². The first-order valence-electron chi connectivity index (χ1n) is 6.58. The lowest BCUT2D eigenvalue weighted by Crippen LogP contribution is -2.35. The van der Waals surface area contributed by atoms with E-state index in [4.69, 9.17) is 0 Å². The molecular weight excluding hydrogens is 257 g/mol. The largest absolute Gasteiger partial charge is 0.392 e. The second-order valence-corrected chi connectivity index (χ2v) is 8.78. The van der Waals surface area contributed by atoms with Crippen LogP contribution < -0.4 is 10.6 Å². The van der Waals surface area contributed by atoms with Gasteiger partial charge >= 0.3 is 0 Å². The highest BCUT2D eigenvalue weighted by Crippen LogP contribution is 2.47. The number of rotatable bonds is 5. The molecule has 2 atom stereocenters. The van der Waals surface area contributed by atoms with Crippen molar-refractivity contribution in [2.45, 2.75) is 39.0 Å². The molecule has 0 saturated carbocycles. The molecule has 0 radical (unpaired) electrons. The number of hydrogen-bond donors (Lipinski definition) is 2. The highest BCUT2D eigenvalue weighted by atomic mass is 31.1. The van der Waals surface area contributed by atoms with E-state index in [1.807, 2.05) is 18.2 Å². The summed E-state index contributed by atoms with van der Waals surface area (Å²) in [5, 5.41) is 13.3. The number of aliphatic hydroxyl groups is 1. The number of carbonyl (C=O) groups excluding carboxylic acids is 1. The fourth-order valence-electron chi connectivity index (χ4n) is 1.78. The molecule has 0 bridgehead atoms. The van der Waals surface area contributed by atoms with Gasteiger partial charge in [0.25, 0.3) is 0 Å². The lowest BCUT2D eigenvalue weighted by Gasteiger charge is -2.31. The zero-order valence-corrected chi connectivity index (χ0v) is 13.1. The third kappa shape index (κ3) is 5.71. The Kier molecular flexibility index (Phi) is 5.96. The summed E-state index contributed by atoms with van der Waals surface area (Å²) >= 11 is 0. The first-order valence-corrected chi connectivity index (χ1v) is 8.11. The zero-order valence-electron chi connectivity index (χ0n) is 12.2. The highest BCUT2D eigenvalue weighted by molar-refractivity contribution is 7.67. The summed E-state index contributed by atoms with van der Waals surface area (Å²) in [5.74, 6) is 0.0192. The van der Waals surface area contributed by atoms with Crippen LogP contribution in [0, 0.1) is 0 Å². The van der Waals surface area contributed by atoms with Gasteiger partial charge in [0, 0.05) is 6.54 Å². The van der Waals surface area contributed by atoms with Gasteiger partial charge in [-0.15, -0.1) is 0 Å². The van der Waals surface area contributed by atoms with Gasteiger partial charge in [-0.25, -0.2) is 0 Å². The SMILES string of the molecule is C[C@H](O)CNC(=O)C[P@@](c1ccccc1)C(C)(C)C. The Bertz CT molecular complexity index is 398. The maximum absolute atomic E-state index is 12.0. The van der Waals surface area contributed by atoms with Gasteiger partial charge in [-0.1, -0.05) is 59.0 Å². The van der Waals surface area contributed by atoms with E-state index >= 15 is 0 Å². The van der Waals surface area contributed by atoms with Crippen LogP contribution in [0.5, 0.6) is 0 Å². The van der Waals surface area contributed by atoms with Gasteiger partial charge in [0.15, 0.2) is 0 Å². The molecule has 0 aromatic heterocycles. The van der Waals surface area contributed by atoms with Gasteiger partial charge in [0.2, 0.25) is 5.91 Å². The van der Waals surface area contributed by atoms with E-state index in [1.165, 1.54) is 5.30 Å². The summed E-state index contributed by atoms with van der Waals surface area (Å²) < 4.78 is 0. The number of benzene rings is 1. The molecule has 19 heavy (non-hydrogen) atoms. The van der Waals surface area contributed by atoms with Crippen LogP contribution in [0.4, 0.5) is 0 Å². The Hall–Kier alpha value is -0.920.